The summed E-state index contributed by atoms with van der Waals surface area (Å²) >= 11 is 0. The lowest BCUT2D eigenvalue weighted by atomic mass is 10.2. The predicted octanol–water partition coefficient (Wildman–Crippen LogP) is 0.830. The highest BCUT2D eigenvalue weighted by Gasteiger charge is 2.26. The number of nitrogens with zero attached hydrogens (tertiary/aromatic N) is 6. The molecular weight excluding hydrogens is 292 g/mol. The van der Waals surface area contributed by atoms with Crippen molar-refractivity contribution in [2.75, 3.05) is 26.2 Å². The molecule has 1 unspecified atom stereocenters. The zero-order valence-electron chi connectivity index (χ0n) is 14.0. The second-order valence-electron chi connectivity index (χ2n) is 6.24. The van der Waals surface area contributed by atoms with Gasteiger partial charge in [-0.3, -0.25) is 19.1 Å². The van der Waals surface area contributed by atoms with Gasteiger partial charge in [0.05, 0.1) is 11.9 Å². The summed E-state index contributed by atoms with van der Waals surface area (Å²) in [7, 11) is 1.93. The number of carbonyl (C=O) groups excluding carboxylic acids is 1. The van der Waals surface area contributed by atoms with Gasteiger partial charge in [0, 0.05) is 57.7 Å². The van der Waals surface area contributed by atoms with Gasteiger partial charge in [0.2, 0.25) is 5.91 Å². The summed E-state index contributed by atoms with van der Waals surface area (Å²) in [6, 6.07) is 1.68. The lowest BCUT2D eigenvalue weighted by Crippen LogP contribution is -2.49. The number of rotatable bonds is 4. The van der Waals surface area contributed by atoms with Crippen molar-refractivity contribution in [3.05, 3.63) is 35.9 Å². The van der Waals surface area contributed by atoms with Crippen LogP contribution in [0.5, 0.6) is 0 Å². The molecule has 1 amide bonds. The fourth-order valence-electron chi connectivity index (χ4n) is 2.96. The first-order chi connectivity index (χ1) is 11.0. The average Bonchev–Trinajstić information content (AvgIpc) is 3.15. The molecule has 0 aromatic carbocycles. The second kappa shape index (κ2) is 6.54. The Kier molecular flexibility index (Phi) is 4.47. The van der Waals surface area contributed by atoms with E-state index in [1.54, 1.807) is 4.68 Å². The van der Waals surface area contributed by atoms with Crippen LogP contribution in [0.4, 0.5) is 0 Å². The van der Waals surface area contributed by atoms with Gasteiger partial charge in [-0.25, -0.2) is 0 Å². The first kappa shape index (κ1) is 15.7. The summed E-state index contributed by atoms with van der Waals surface area (Å²) in [4.78, 5) is 16.9. The van der Waals surface area contributed by atoms with Gasteiger partial charge in [0.25, 0.3) is 0 Å². The highest BCUT2D eigenvalue weighted by Crippen LogP contribution is 2.13. The molecule has 0 bridgehead atoms. The summed E-state index contributed by atoms with van der Waals surface area (Å²) in [6.45, 7) is 8.07. The maximum absolute atomic E-state index is 12.6. The van der Waals surface area contributed by atoms with Crippen LogP contribution in [0.3, 0.4) is 0 Å². The molecule has 0 aliphatic carbocycles. The topological polar surface area (TPSA) is 59.2 Å². The van der Waals surface area contributed by atoms with E-state index in [0.717, 1.165) is 38.4 Å². The van der Waals surface area contributed by atoms with Crippen LogP contribution in [-0.4, -0.2) is 61.4 Å². The number of amides is 1. The summed E-state index contributed by atoms with van der Waals surface area (Å²) in [6.07, 6.45) is 5.82. The minimum atomic E-state index is -0.242. The predicted molar refractivity (Wildman–Crippen MR) is 86.7 cm³/mol. The van der Waals surface area contributed by atoms with Crippen molar-refractivity contribution in [1.29, 1.82) is 0 Å². The maximum Gasteiger partial charge on any atom is 0.247 e. The van der Waals surface area contributed by atoms with Gasteiger partial charge < -0.3 is 4.90 Å². The van der Waals surface area contributed by atoms with Crippen LogP contribution in [0.25, 0.3) is 0 Å². The zero-order valence-corrected chi connectivity index (χ0v) is 14.0. The van der Waals surface area contributed by atoms with E-state index in [0.29, 0.717) is 0 Å². The van der Waals surface area contributed by atoms with Crippen LogP contribution in [0.2, 0.25) is 0 Å². The molecule has 1 atom stereocenters. The Bertz CT molecular complexity index is 668. The van der Waals surface area contributed by atoms with E-state index in [1.807, 2.05) is 55.1 Å². The van der Waals surface area contributed by atoms with E-state index in [4.69, 9.17) is 0 Å². The Morgan fingerprint density at radius 1 is 1.30 bits per heavy atom. The molecule has 7 nitrogen and oxygen atoms in total. The van der Waals surface area contributed by atoms with Gasteiger partial charge in [-0.15, -0.1) is 0 Å². The number of carbonyl (C=O) groups is 1. The van der Waals surface area contributed by atoms with Gasteiger partial charge in [-0.1, -0.05) is 0 Å². The third-order valence-electron chi connectivity index (χ3n) is 4.34. The lowest BCUT2D eigenvalue weighted by molar-refractivity contribution is -0.136. The van der Waals surface area contributed by atoms with Crippen molar-refractivity contribution >= 4 is 5.91 Å². The summed E-state index contributed by atoms with van der Waals surface area (Å²) < 4.78 is 3.57. The molecular formula is C16H24N6O. The SMILES string of the molecule is Cc1ccn(C(C)C(=O)N2CCN(Cc3cnn(C)c3)CC2)n1. The van der Waals surface area contributed by atoms with Crippen molar-refractivity contribution in [3.63, 3.8) is 0 Å². The second-order valence-corrected chi connectivity index (χ2v) is 6.24. The maximum atomic E-state index is 12.6. The molecule has 23 heavy (non-hydrogen) atoms. The normalized spacial score (nSPS) is 17.4. The highest BCUT2D eigenvalue weighted by molar-refractivity contribution is 5.80. The van der Waals surface area contributed by atoms with Crippen LogP contribution in [0.15, 0.2) is 24.7 Å². The lowest BCUT2D eigenvalue weighted by Gasteiger charge is -2.35. The molecule has 0 spiro atoms. The van der Waals surface area contributed by atoms with Crippen LogP contribution in [-0.2, 0) is 18.4 Å². The number of aromatic nitrogens is 4. The summed E-state index contributed by atoms with van der Waals surface area (Å²) in [5.41, 5.74) is 2.15. The van der Waals surface area contributed by atoms with E-state index < -0.39 is 0 Å². The Labute approximate surface area is 136 Å². The number of piperazine rings is 1. The molecule has 2 aromatic heterocycles. The molecule has 0 saturated carbocycles. The average molecular weight is 316 g/mol. The van der Waals surface area contributed by atoms with Gasteiger partial charge in [-0.2, -0.15) is 10.2 Å². The van der Waals surface area contributed by atoms with Crippen molar-refractivity contribution in [3.8, 4) is 0 Å². The summed E-state index contributed by atoms with van der Waals surface area (Å²) in [5.74, 6) is 0.147. The fourth-order valence-corrected chi connectivity index (χ4v) is 2.96. The Balaban J connectivity index is 1.53. The molecule has 0 N–H and O–H groups in total. The van der Waals surface area contributed by atoms with E-state index in [-0.39, 0.29) is 11.9 Å². The molecule has 3 rings (SSSR count). The number of hydrogen-bond acceptors (Lipinski definition) is 4. The van der Waals surface area contributed by atoms with Crippen LogP contribution in [0, 0.1) is 6.92 Å². The molecule has 3 heterocycles. The third kappa shape index (κ3) is 3.61. The Morgan fingerprint density at radius 2 is 2.04 bits per heavy atom. The van der Waals surface area contributed by atoms with Crippen molar-refractivity contribution in [1.82, 2.24) is 29.4 Å². The van der Waals surface area contributed by atoms with E-state index in [1.165, 1.54) is 5.56 Å². The molecule has 124 valence electrons. The van der Waals surface area contributed by atoms with Gasteiger partial charge in [0.1, 0.15) is 6.04 Å². The summed E-state index contributed by atoms with van der Waals surface area (Å²) in [5, 5.41) is 8.55. The zero-order chi connectivity index (χ0) is 16.4. The molecule has 0 radical (unpaired) electrons. The molecule has 1 fully saturated rings. The minimum absolute atomic E-state index is 0.147. The van der Waals surface area contributed by atoms with E-state index >= 15 is 0 Å². The molecule has 1 saturated heterocycles. The molecule has 2 aromatic rings. The number of hydrogen-bond donors (Lipinski definition) is 0. The first-order valence-corrected chi connectivity index (χ1v) is 8.03. The Morgan fingerprint density at radius 3 is 2.61 bits per heavy atom. The highest BCUT2D eigenvalue weighted by atomic mass is 16.2. The van der Waals surface area contributed by atoms with Crippen LogP contribution >= 0.6 is 0 Å². The van der Waals surface area contributed by atoms with Gasteiger partial charge >= 0.3 is 0 Å². The van der Waals surface area contributed by atoms with Crippen molar-refractivity contribution < 1.29 is 4.79 Å². The third-order valence-corrected chi connectivity index (χ3v) is 4.34. The minimum Gasteiger partial charge on any atom is -0.338 e. The van der Waals surface area contributed by atoms with Gasteiger partial charge in [-0.05, 0) is 19.9 Å². The monoisotopic (exact) mass is 316 g/mol. The standard InChI is InChI=1S/C16H24N6O/c1-13-4-5-22(18-13)14(2)16(23)21-8-6-20(7-9-21)12-15-10-17-19(3)11-15/h4-5,10-11,14H,6-9,12H2,1-3H3. The van der Waals surface area contributed by atoms with Crippen LogP contribution in [0.1, 0.15) is 24.2 Å². The van der Waals surface area contributed by atoms with Crippen molar-refractivity contribution in [2.24, 2.45) is 7.05 Å². The van der Waals surface area contributed by atoms with Crippen molar-refractivity contribution in [2.45, 2.75) is 26.4 Å². The number of aryl methyl sites for hydroxylation is 2. The fraction of sp³-hybridized carbons (Fsp3) is 0.562. The first-order valence-electron chi connectivity index (χ1n) is 8.03. The molecule has 7 heteroatoms. The van der Waals surface area contributed by atoms with E-state index in [9.17, 15) is 4.79 Å². The van der Waals surface area contributed by atoms with Gasteiger partial charge in [0.15, 0.2) is 0 Å². The molecule has 1 aliphatic heterocycles. The van der Waals surface area contributed by atoms with E-state index in [2.05, 4.69) is 15.1 Å². The quantitative estimate of drug-likeness (QED) is 0.838. The Hall–Kier alpha value is -2.15. The molecule has 1 aliphatic rings. The van der Waals surface area contributed by atoms with Crippen LogP contribution < -0.4 is 0 Å². The smallest absolute Gasteiger partial charge is 0.247 e. The largest absolute Gasteiger partial charge is 0.338 e.